The summed E-state index contributed by atoms with van der Waals surface area (Å²) in [4.78, 5) is 38.0. The van der Waals surface area contributed by atoms with Crippen LogP contribution in [0.5, 0.6) is 0 Å². The zero-order valence-electron chi connectivity index (χ0n) is 16.6. The molecule has 7 nitrogen and oxygen atoms in total. The van der Waals surface area contributed by atoms with Gasteiger partial charge in [-0.3, -0.25) is 19.7 Å². The number of nitrogens with one attached hydrogen (secondary N) is 3. The fraction of sp³-hybridized carbons (Fsp3) is 0.591. The third kappa shape index (κ3) is 3.46. The van der Waals surface area contributed by atoms with Gasteiger partial charge < -0.3 is 15.5 Å². The predicted molar refractivity (Wildman–Crippen MR) is 107 cm³/mol. The molecule has 3 amide bonds. The van der Waals surface area contributed by atoms with Crippen molar-refractivity contribution in [2.24, 2.45) is 5.41 Å². The molecular weight excluding hydrogens is 368 g/mol. The van der Waals surface area contributed by atoms with E-state index in [-0.39, 0.29) is 24.1 Å². The highest BCUT2D eigenvalue weighted by Gasteiger charge is 2.41. The van der Waals surface area contributed by atoms with Gasteiger partial charge in [-0.1, -0.05) is 18.6 Å². The SMILES string of the molecule is O=C1CCC(N2Cc3cc(CNC4CNCC5(CCC5)C4)ccc3C2=O)C(=O)N1. The van der Waals surface area contributed by atoms with Crippen molar-refractivity contribution in [1.29, 1.82) is 0 Å². The molecule has 3 N–H and O–H groups in total. The highest BCUT2D eigenvalue weighted by atomic mass is 16.2. The molecule has 154 valence electrons. The lowest BCUT2D eigenvalue weighted by molar-refractivity contribution is -0.136. The van der Waals surface area contributed by atoms with E-state index in [0.717, 1.165) is 30.8 Å². The van der Waals surface area contributed by atoms with Gasteiger partial charge in [-0.25, -0.2) is 0 Å². The molecule has 1 aromatic carbocycles. The molecule has 7 heteroatoms. The molecule has 1 spiro atoms. The first-order valence-electron chi connectivity index (χ1n) is 10.7. The lowest BCUT2D eigenvalue weighted by Gasteiger charge is -2.48. The molecular formula is C22H28N4O3. The zero-order chi connectivity index (χ0) is 20.0. The number of benzene rings is 1. The normalized spacial score (nSPS) is 28.3. The van der Waals surface area contributed by atoms with E-state index in [2.05, 4.69) is 22.0 Å². The van der Waals surface area contributed by atoms with E-state index in [1.807, 2.05) is 12.1 Å². The smallest absolute Gasteiger partial charge is 0.255 e. The van der Waals surface area contributed by atoms with Gasteiger partial charge >= 0.3 is 0 Å². The van der Waals surface area contributed by atoms with Crippen molar-refractivity contribution in [3.8, 4) is 0 Å². The van der Waals surface area contributed by atoms with E-state index in [1.165, 1.54) is 25.7 Å². The Morgan fingerprint density at radius 3 is 2.83 bits per heavy atom. The van der Waals surface area contributed by atoms with Crippen LogP contribution in [0.1, 0.15) is 60.0 Å². The Hall–Kier alpha value is -2.25. The minimum absolute atomic E-state index is 0.114. The zero-order valence-corrected chi connectivity index (χ0v) is 16.6. The number of carbonyl (C=O) groups excluding carboxylic acids is 3. The fourth-order valence-electron chi connectivity index (χ4n) is 5.38. The molecule has 3 aliphatic heterocycles. The van der Waals surface area contributed by atoms with Crippen LogP contribution in [0.2, 0.25) is 0 Å². The van der Waals surface area contributed by atoms with Crippen molar-refractivity contribution in [2.45, 2.75) is 63.7 Å². The van der Waals surface area contributed by atoms with Gasteiger partial charge in [0.2, 0.25) is 11.8 Å². The van der Waals surface area contributed by atoms with Gasteiger partial charge in [0.05, 0.1) is 0 Å². The molecule has 1 aliphatic carbocycles. The van der Waals surface area contributed by atoms with E-state index in [0.29, 0.717) is 30.0 Å². The summed E-state index contributed by atoms with van der Waals surface area (Å²) in [6.45, 7) is 3.38. The summed E-state index contributed by atoms with van der Waals surface area (Å²) >= 11 is 0. The number of imide groups is 1. The van der Waals surface area contributed by atoms with Crippen molar-refractivity contribution >= 4 is 17.7 Å². The lowest BCUT2D eigenvalue weighted by Crippen LogP contribution is -2.54. The van der Waals surface area contributed by atoms with Crippen LogP contribution in [0.25, 0.3) is 0 Å². The molecule has 2 atom stereocenters. The molecule has 4 aliphatic rings. The van der Waals surface area contributed by atoms with Crippen molar-refractivity contribution < 1.29 is 14.4 Å². The third-order valence-corrected chi connectivity index (χ3v) is 7.17. The Morgan fingerprint density at radius 2 is 2.07 bits per heavy atom. The second-order valence-electron chi connectivity index (χ2n) is 9.16. The average Bonchev–Trinajstić information content (AvgIpc) is 3.01. The van der Waals surface area contributed by atoms with Crippen LogP contribution in [-0.2, 0) is 22.7 Å². The Balaban J connectivity index is 1.23. The first kappa shape index (κ1) is 18.8. The Labute approximate surface area is 170 Å². The Morgan fingerprint density at radius 1 is 1.21 bits per heavy atom. The van der Waals surface area contributed by atoms with Crippen molar-refractivity contribution in [1.82, 2.24) is 20.9 Å². The average molecular weight is 396 g/mol. The largest absolute Gasteiger partial charge is 0.322 e. The minimum Gasteiger partial charge on any atom is -0.322 e. The van der Waals surface area contributed by atoms with Crippen molar-refractivity contribution in [2.75, 3.05) is 13.1 Å². The maximum atomic E-state index is 12.8. The molecule has 0 bridgehead atoms. The first-order chi connectivity index (χ1) is 14.0. The quantitative estimate of drug-likeness (QED) is 0.663. The molecule has 3 heterocycles. The minimum atomic E-state index is -0.554. The Bertz CT molecular complexity index is 864. The highest BCUT2D eigenvalue weighted by Crippen LogP contribution is 2.45. The van der Waals surface area contributed by atoms with Crippen LogP contribution >= 0.6 is 0 Å². The van der Waals surface area contributed by atoms with Crippen molar-refractivity contribution in [3.63, 3.8) is 0 Å². The highest BCUT2D eigenvalue weighted by molar-refractivity contribution is 6.05. The molecule has 2 saturated heterocycles. The van der Waals surface area contributed by atoms with E-state index >= 15 is 0 Å². The van der Waals surface area contributed by atoms with Crippen LogP contribution in [0.15, 0.2) is 18.2 Å². The summed E-state index contributed by atoms with van der Waals surface area (Å²) in [5.74, 6) is -0.735. The fourth-order valence-corrected chi connectivity index (χ4v) is 5.38. The molecule has 1 aromatic rings. The van der Waals surface area contributed by atoms with Crippen LogP contribution in [0.3, 0.4) is 0 Å². The van der Waals surface area contributed by atoms with E-state index in [1.54, 1.807) is 4.90 Å². The van der Waals surface area contributed by atoms with Gasteiger partial charge in [0.1, 0.15) is 6.04 Å². The monoisotopic (exact) mass is 396 g/mol. The predicted octanol–water partition coefficient (Wildman–Crippen LogP) is 1.07. The van der Waals surface area contributed by atoms with Gasteiger partial charge in [-0.15, -0.1) is 0 Å². The number of fused-ring (bicyclic) bond motifs is 1. The number of amides is 3. The van der Waals surface area contributed by atoms with Gasteiger partial charge in [-0.2, -0.15) is 0 Å². The van der Waals surface area contributed by atoms with Crippen LogP contribution in [-0.4, -0.2) is 47.8 Å². The van der Waals surface area contributed by atoms with Gasteiger partial charge in [0.15, 0.2) is 0 Å². The molecule has 29 heavy (non-hydrogen) atoms. The van der Waals surface area contributed by atoms with Gasteiger partial charge in [-0.05, 0) is 48.3 Å². The van der Waals surface area contributed by atoms with Gasteiger partial charge in [0.25, 0.3) is 5.91 Å². The summed E-state index contributed by atoms with van der Waals surface area (Å²) in [6.07, 6.45) is 5.96. The maximum Gasteiger partial charge on any atom is 0.255 e. The molecule has 3 fully saturated rings. The van der Waals surface area contributed by atoms with Crippen LogP contribution in [0.4, 0.5) is 0 Å². The number of carbonyl (C=O) groups is 3. The lowest BCUT2D eigenvalue weighted by atomic mass is 9.64. The molecule has 0 radical (unpaired) electrons. The molecule has 0 aromatic heterocycles. The Kier molecular flexibility index (Phi) is 4.67. The van der Waals surface area contributed by atoms with E-state index < -0.39 is 6.04 Å². The van der Waals surface area contributed by atoms with E-state index in [9.17, 15) is 14.4 Å². The third-order valence-electron chi connectivity index (χ3n) is 7.17. The standard InChI is InChI=1S/C22H28N4O3/c27-19-5-4-18(20(28)25-19)26-12-15-8-14(2-3-17(15)21(26)29)10-24-16-9-22(6-1-7-22)13-23-11-16/h2-3,8,16,18,23-24H,1,4-7,9-13H2,(H,25,27,28). The number of hydrogen-bond donors (Lipinski definition) is 3. The number of rotatable bonds is 4. The number of hydrogen-bond acceptors (Lipinski definition) is 5. The topological polar surface area (TPSA) is 90.5 Å². The van der Waals surface area contributed by atoms with Gasteiger partial charge in [0, 0.05) is 44.2 Å². The summed E-state index contributed by atoms with van der Waals surface area (Å²) in [7, 11) is 0. The second-order valence-corrected chi connectivity index (χ2v) is 9.16. The molecule has 5 rings (SSSR count). The van der Waals surface area contributed by atoms with Crippen LogP contribution < -0.4 is 16.0 Å². The van der Waals surface area contributed by atoms with Crippen molar-refractivity contribution in [3.05, 3.63) is 34.9 Å². The van der Waals surface area contributed by atoms with Crippen LogP contribution in [0, 0.1) is 5.41 Å². The summed E-state index contributed by atoms with van der Waals surface area (Å²) < 4.78 is 0. The summed E-state index contributed by atoms with van der Waals surface area (Å²) in [5, 5.41) is 9.62. The molecule has 1 saturated carbocycles. The summed E-state index contributed by atoms with van der Waals surface area (Å²) in [6, 6.07) is 5.90. The van der Waals surface area contributed by atoms with E-state index in [4.69, 9.17) is 0 Å². The number of piperidine rings is 2. The first-order valence-corrected chi connectivity index (χ1v) is 10.7. The second kappa shape index (κ2) is 7.22. The molecule has 2 unspecified atom stereocenters. The summed E-state index contributed by atoms with van der Waals surface area (Å²) in [5.41, 5.74) is 3.32. The number of nitrogens with zero attached hydrogens (tertiary/aromatic N) is 1. The maximum absolute atomic E-state index is 12.8.